The summed E-state index contributed by atoms with van der Waals surface area (Å²) in [5.41, 5.74) is 1.46. The van der Waals surface area contributed by atoms with Crippen LogP contribution in [0.3, 0.4) is 0 Å². The molecule has 1 unspecified atom stereocenters. The Balaban J connectivity index is 1.26. The molecule has 1 atom stereocenters. The molecule has 1 amide bonds. The second-order valence-corrected chi connectivity index (χ2v) is 10.4. The number of aromatic nitrogens is 4. The van der Waals surface area contributed by atoms with Gasteiger partial charge in [0, 0.05) is 26.1 Å². The van der Waals surface area contributed by atoms with Gasteiger partial charge in [-0.15, -0.1) is 0 Å². The van der Waals surface area contributed by atoms with Crippen molar-refractivity contribution in [3.8, 4) is 5.75 Å². The van der Waals surface area contributed by atoms with Crippen molar-refractivity contribution in [2.45, 2.75) is 19.4 Å². The Morgan fingerprint density at radius 1 is 1.18 bits per heavy atom. The first-order valence-electron chi connectivity index (χ1n) is 12.0. The predicted octanol–water partition coefficient (Wildman–Crippen LogP) is 2.83. The van der Waals surface area contributed by atoms with E-state index in [1.54, 1.807) is 27.6 Å². The van der Waals surface area contributed by atoms with Crippen molar-refractivity contribution in [2.24, 2.45) is 0 Å². The Morgan fingerprint density at radius 2 is 2.00 bits per heavy atom. The molecule has 4 aromatic rings. The third-order valence-electron chi connectivity index (χ3n) is 6.49. The van der Waals surface area contributed by atoms with Gasteiger partial charge in [0.05, 0.1) is 24.6 Å². The Bertz CT molecular complexity index is 1530. The van der Waals surface area contributed by atoms with Crippen LogP contribution in [-0.2, 0) is 16.0 Å². The van der Waals surface area contributed by atoms with Crippen LogP contribution in [0.15, 0.2) is 28.7 Å². The van der Waals surface area contributed by atoms with Crippen LogP contribution in [0.5, 0.6) is 5.75 Å². The van der Waals surface area contributed by atoms with Gasteiger partial charge in [0.25, 0.3) is 5.91 Å². The number of ether oxygens (including phenoxy) is 2. The van der Waals surface area contributed by atoms with E-state index in [0.29, 0.717) is 48.3 Å². The number of hydrogen-bond acceptors (Lipinski definition) is 10. The third kappa shape index (κ3) is 4.46. The van der Waals surface area contributed by atoms with E-state index >= 15 is 0 Å². The second-order valence-electron chi connectivity index (χ2n) is 8.85. The zero-order valence-electron chi connectivity index (χ0n) is 20.3. The first kappa shape index (κ1) is 24.6. The monoisotopic (exact) mass is 558 g/mol. The minimum atomic E-state index is -1.20. The molecule has 0 aromatic carbocycles. The van der Waals surface area contributed by atoms with E-state index in [-0.39, 0.29) is 23.4 Å². The van der Waals surface area contributed by atoms with E-state index in [2.05, 4.69) is 15.0 Å². The first-order valence-corrected chi connectivity index (χ1v) is 13.2. The molecule has 1 saturated heterocycles. The highest BCUT2D eigenvalue weighted by Gasteiger charge is 2.39. The number of amides is 1. The molecule has 2 aliphatic rings. The normalized spacial score (nSPS) is 17.6. The van der Waals surface area contributed by atoms with Gasteiger partial charge in [-0.05, 0) is 31.2 Å². The zero-order valence-corrected chi connectivity index (χ0v) is 21.9. The van der Waals surface area contributed by atoms with Crippen molar-refractivity contribution in [2.75, 3.05) is 44.4 Å². The summed E-state index contributed by atoms with van der Waals surface area (Å²) in [5.74, 6) is -0.429. The van der Waals surface area contributed by atoms with Crippen LogP contribution in [0.2, 0.25) is 5.15 Å². The number of furan rings is 1. The van der Waals surface area contributed by atoms with Crippen molar-refractivity contribution in [3.05, 3.63) is 57.3 Å². The molecular formula is C24H23ClN6O6S. The summed E-state index contributed by atoms with van der Waals surface area (Å²) >= 11 is 7.83. The SMILES string of the molecule is Cc1nn2c3c(nc2s1)CCN(C(=O)COc1ccc(N2CCOCC2)nc1Cl)C3c1ccc(C(=O)O)o1. The average molecular weight is 559 g/mol. The van der Waals surface area contributed by atoms with Gasteiger partial charge < -0.3 is 28.8 Å². The molecule has 1 fully saturated rings. The first-order chi connectivity index (χ1) is 18.4. The molecule has 0 bridgehead atoms. The van der Waals surface area contributed by atoms with Crippen molar-refractivity contribution in [1.82, 2.24) is 24.5 Å². The number of rotatable bonds is 6. The highest BCUT2D eigenvalue weighted by Crippen LogP contribution is 2.37. The number of carbonyl (C=O) groups excluding carboxylic acids is 1. The topological polar surface area (TPSA) is 136 Å². The lowest BCUT2D eigenvalue weighted by atomic mass is 10.0. The smallest absolute Gasteiger partial charge is 0.371 e. The van der Waals surface area contributed by atoms with Crippen LogP contribution in [0, 0.1) is 6.92 Å². The van der Waals surface area contributed by atoms with Gasteiger partial charge >= 0.3 is 5.97 Å². The number of fused-ring (bicyclic) bond motifs is 3. The lowest BCUT2D eigenvalue weighted by molar-refractivity contribution is -0.136. The average Bonchev–Trinajstić information content (AvgIpc) is 3.62. The molecule has 0 aliphatic carbocycles. The minimum Gasteiger partial charge on any atom is -0.481 e. The lowest BCUT2D eigenvalue weighted by Gasteiger charge is -2.34. The van der Waals surface area contributed by atoms with Crippen LogP contribution in [0.4, 0.5) is 5.82 Å². The fourth-order valence-electron chi connectivity index (χ4n) is 4.74. The number of carbonyl (C=O) groups is 2. The summed E-state index contributed by atoms with van der Waals surface area (Å²) in [7, 11) is 0. The van der Waals surface area contributed by atoms with Crippen molar-refractivity contribution >= 4 is 45.6 Å². The molecular weight excluding hydrogens is 536 g/mol. The molecule has 4 aromatic heterocycles. The number of imidazole rings is 1. The highest BCUT2D eigenvalue weighted by molar-refractivity contribution is 7.16. The third-order valence-corrected chi connectivity index (χ3v) is 7.58. The molecule has 0 spiro atoms. The van der Waals surface area contributed by atoms with Crippen LogP contribution >= 0.6 is 22.9 Å². The molecule has 6 heterocycles. The molecule has 0 saturated carbocycles. The van der Waals surface area contributed by atoms with Gasteiger partial charge in [-0.3, -0.25) is 4.79 Å². The van der Waals surface area contributed by atoms with E-state index in [9.17, 15) is 14.7 Å². The molecule has 6 rings (SSSR count). The van der Waals surface area contributed by atoms with E-state index in [4.69, 9.17) is 30.5 Å². The maximum atomic E-state index is 13.5. The minimum absolute atomic E-state index is 0.159. The second kappa shape index (κ2) is 9.89. The largest absolute Gasteiger partial charge is 0.481 e. The number of pyridine rings is 1. The van der Waals surface area contributed by atoms with Gasteiger partial charge in [0.15, 0.2) is 17.5 Å². The Hall–Kier alpha value is -3.68. The summed E-state index contributed by atoms with van der Waals surface area (Å²) in [6.45, 7) is 4.60. The fraction of sp³-hybridized carbons (Fsp3) is 0.375. The molecule has 38 heavy (non-hydrogen) atoms. The molecule has 198 valence electrons. The van der Waals surface area contributed by atoms with Crippen molar-refractivity contribution in [3.63, 3.8) is 0 Å². The van der Waals surface area contributed by atoms with Crippen LogP contribution < -0.4 is 9.64 Å². The molecule has 0 radical (unpaired) electrons. The van der Waals surface area contributed by atoms with E-state index in [1.807, 2.05) is 6.92 Å². The van der Waals surface area contributed by atoms with Crippen molar-refractivity contribution < 1.29 is 28.6 Å². The Morgan fingerprint density at radius 3 is 2.74 bits per heavy atom. The summed E-state index contributed by atoms with van der Waals surface area (Å²) < 4.78 is 18.5. The number of morpholine rings is 1. The summed E-state index contributed by atoms with van der Waals surface area (Å²) in [5, 5.41) is 14.9. The Labute approximate surface area is 225 Å². The molecule has 1 N–H and O–H groups in total. The number of anilines is 1. The summed E-state index contributed by atoms with van der Waals surface area (Å²) in [6, 6.07) is 5.71. The lowest BCUT2D eigenvalue weighted by Crippen LogP contribution is -2.43. The summed E-state index contributed by atoms with van der Waals surface area (Å²) in [4.78, 5) is 38.5. The number of aryl methyl sites for hydroxylation is 1. The molecule has 14 heteroatoms. The van der Waals surface area contributed by atoms with Gasteiger partial charge in [-0.2, -0.15) is 5.10 Å². The van der Waals surface area contributed by atoms with E-state index in [0.717, 1.165) is 29.6 Å². The van der Waals surface area contributed by atoms with Crippen LogP contribution in [-0.4, -0.2) is 80.9 Å². The van der Waals surface area contributed by atoms with Gasteiger partial charge in [0.2, 0.25) is 10.7 Å². The van der Waals surface area contributed by atoms with Crippen molar-refractivity contribution in [1.29, 1.82) is 0 Å². The van der Waals surface area contributed by atoms with E-state index in [1.165, 1.54) is 17.4 Å². The maximum Gasteiger partial charge on any atom is 0.371 e. The quantitative estimate of drug-likeness (QED) is 0.352. The standard InChI is InChI=1S/C24H23ClN6O6S/c1-13-28-31-20-14(26-24(31)38-13)6-7-30(21(20)15-2-3-17(37-15)23(33)34)19(32)12-36-16-4-5-18(27-22(16)25)29-8-10-35-11-9-29/h2-5,21H,6-12H2,1H3,(H,33,34). The number of aromatic carboxylic acids is 1. The van der Waals surface area contributed by atoms with Crippen LogP contribution in [0.25, 0.3) is 4.96 Å². The maximum absolute atomic E-state index is 13.5. The highest BCUT2D eigenvalue weighted by atomic mass is 35.5. The predicted molar refractivity (Wildman–Crippen MR) is 136 cm³/mol. The zero-order chi connectivity index (χ0) is 26.4. The van der Waals surface area contributed by atoms with Gasteiger partial charge in [-0.1, -0.05) is 22.9 Å². The number of carboxylic acids is 1. The number of nitrogens with zero attached hydrogens (tertiary/aromatic N) is 6. The fourth-order valence-corrected chi connectivity index (χ4v) is 5.72. The summed E-state index contributed by atoms with van der Waals surface area (Å²) in [6.07, 6.45) is 0.510. The number of halogens is 1. The number of carboxylic acid groups (broad SMARTS) is 1. The Kier molecular flexibility index (Phi) is 6.41. The van der Waals surface area contributed by atoms with Crippen LogP contribution in [0.1, 0.15) is 38.8 Å². The van der Waals surface area contributed by atoms with Gasteiger partial charge in [-0.25, -0.2) is 19.3 Å². The molecule has 2 aliphatic heterocycles. The number of hydrogen-bond donors (Lipinski definition) is 1. The van der Waals surface area contributed by atoms with Gasteiger partial charge in [0.1, 0.15) is 22.6 Å². The van der Waals surface area contributed by atoms with E-state index < -0.39 is 12.0 Å². The molecule has 12 nitrogen and oxygen atoms in total.